The van der Waals surface area contributed by atoms with E-state index in [-0.39, 0.29) is 24.2 Å². The van der Waals surface area contributed by atoms with Crippen LogP contribution in [0.1, 0.15) is 19.0 Å². The number of amides is 1. The Morgan fingerprint density at radius 2 is 2.04 bits per heavy atom. The predicted octanol–water partition coefficient (Wildman–Crippen LogP) is 2.71. The van der Waals surface area contributed by atoms with Crippen molar-refractivity contribution < 1.29 is 9.18 Å². The molecule has 2 heterocycles. The predicted molar refractivity (Wildman–Crippen MR) is 112 cm³/mol. The Hall–Kier alpha value is -2.03. The monoisotopic (exact) mass is 405 g/mol. The quantitative estimate of drug-likeness (QED) is 0.707. The van der Waals surface area contributed by atoms with E-state index >= 15 is 0 Å². The Morgan fingerprint density at radius 3 is 2.75 bits per heavy atom. The number of benzene rings is 1. The second kappa shape index (κ2) is 9.95. The van der Waals surface area contributed by atoms with Crippen LogP contribution in [0.25, 0.3) is 0 Å². The summed E-state index contributed by atoms with van der Waals surface area (Å²) in [6.45, 7) is 7.20. The maximum absolute atomic E-state index is 13.7. The summed E-state index contributed by atoms with van der Waals surface area (Å²) in [5.74, 6) is -0.351. The molecule has 1 aliphatic heterocycles. The number of para-hydroxylation sites is 1. The van der Waals surface area contributed by atoms with Crippen LogP contribution in [0, 0.1) is 5.82 Å². The Labute approximate surface area is 169 Å². The highest BCUT2D eigenvalue weighted by Gasteiger charge is 2.19. The fourth-order valence-electron chi connectivity index (χ4n) is 3.19. The average Bonchev–Trinajstić information content (AvgIpc) is 3.11. The molecule has 0 saturated carbocycles. The van der Waals surface area contributed by atoms with Crippen molar-refractivity contribution in [3.05, 3.63) is 41.2 Å². The number of hydrogen-bond donors (Lipinski definition) is 2. The highest BCUT2D eigenvalue weighted by atomic mass is 32.1. The van der Waals surface area contributed by atoms with Gasteiger partial charge in [-0.15, -0.1) is 11.3 Å². The SMILES string of the molecule is CC[C@H](CN1CCN(C)CC1)NC(=O)Cc1csc(Nc2ccccc2F)n1. The molecular weight excluding hydrogens is 377 g/mol. The van der Waals surface area contributed by atoms with Crippen LogP contribution in [0.2, 0.25) is 0 Å². The zero-order valence-corrected chi connectivity index (χ0v) is 17.3. The van der Waals surface area contributed by atoms with E-state index in [1.807, 2.05) is 5.38 Å². The Morgan fingerprint density at radius 1 is 1.29 bits per heavy atom. The second-order valence-electron chi connectivity index (χ2n) is 7.20. The van der Waals surface area contributed by atoms with Crippen LogP contribution < -0.4 is 10.6 Å². The molecular formula is C20H28FN5OS. The summed E-state index contributed by atoms with van der Waals surface area (Å²) in [7, 11) is 2.14. The van der Waals surface area contributed by atoms with Crippen LogP contribution >= 0.6 is 11.3 Å². The fraction of sp³-hybridized carbons (Fsp3) is 0.500. The van der Waals surface area contributed by atoms with Gasteiger partial charge in [0.15, 0.2) is 5.13 Å². The highest BCUT2D eigenvalue weighted by molar-refractivity contribution is 7.13. The topological polar surface area (TPSA) is 60.5 Å². The molecule has 1 fully saturated rings. The van der Waals surface area contributed by atoms with Crippen LogP contribution in [0.5, 0.6) is 0 Å². The summed E-state index contributed by atoms with van der Waals surface area (Å²) < 4.78 is 13.7. The minimum atomic E-state index is -0.327. The van der Waals surface area contributed by atoms with Crippen molar-refractivity contribution >= 4 is 28.1 Å². The van der Waals surface area contributed by atoms with Gasteiger partial charge in [-0.25, -0.2) is 9.37 Å². The van der Waals surface area contributed by atoms with Gasteiger partial charge in [0.05, 0.1) is 17.8 Å². The van der Waals surface area contributed by atoms with Gasteiger partial charge in [0, 0.05) is 44.1 Å². The van der Waals surface area contributed by atoms with E-state index in [0.717, 1.165) is 39.1 Å². The Kier molecular flexibility index (Phi) is 7.36. The lowest BCUT2D eigenvalue weighted by Crippen LogP contribution is -2.50. The first-order chi connectivity index (χ1) is 13.5. The van der Waals surface area contributed by atoms with Gasteiger partial charge in [-0.1, -0.05) is 19.1 Å². The first-order valence-electron chi connectivity index (χ1n) is 9.69. The van der Waals surface area contributed by atoms with Crippen LogP contribution in [0.3, 0.4) is 0 Å². The summed E-state index contributed by atoms with van der Waals surface area (Å²) >= 11 is 1.37. The largest absolute Gasteiger partial charge is 0.352 e. The number of thiazole rings is 1. The molecule has 1 amide bonds. The normalized spacial score (nSPS) is 16.7. The van der Waals surface area contributed by atoms with Crippen LogP contribution in [0.4, 0.5) is 15.2 Å². The Balaban J connectivity index is 1.48. The van der Waals surface area contributed by atoms with Crippen molar-refractivity contribution in [1.82, 2.24) is 20.1 Å². The zero-order chi connectivity index (χ0) is 19.9. The van der Waals surface area contributed by atoms with Crippen molar-refractivity contribution in [2.24, 2.45) is 0 Å². The van der Waals surface area contributed by atoms with E-state index in [2.05, 4.69) is 39.4 Å². The van der Waals surface area contributed by atoms with Gasteiger partial charge < -0.3 is 15.5 Å². The van der Waals surface area contributed by atoms with Gasteiger partial charge in [0.1, 0.15) is 5.82 Å². The lowest BCUT2D eigenvalue weighted by atomic mass is 10.2. The summed E-state index contributed by atoms with van der Waals surface area (Å²) in [4.78, 5) is 21.6. The minimum absolute atomic E-state index is 0.0243. The van der Waals surface area contributed by atoms with Crippen molar-refractivity contribution in [1.29, 1.82) is 0 Å². The molecule has 0 radical (unpaired) electrons. The molecule has 2 aromatic rings. The Bertz CT molecular complexity index is 775. The molecule has 0 bridgehead atoms. The summed E-state index contributed by atoms with van der Waals surface area (Å²) in [6, 6.07) is 6.61. The van der Waals surface area contributed by atoms with E-state index in [9.17, 15) is 9.18 Å². The molecule has 1 aromatic heterocycles. The number of hydrogen-bond acceptors (Lipinski definition) is 6. The number of rotatable bonds is 8. The third-order valence-corrected chi connectivity index (χ3v) is 5.75. The molecule has 1 saturated heterocycles. The number of halogens is 1. The molecule has 152 valence electrons. The number of likely N-dealkylation sites (N-methyl/N-ethyl adjacent to an activating group) is 1. The number of nitrogens with one attached hydrogen (secondary N) is 2. The van der Waals surface area contributed by atoms with Crippen molar-refractivity contribution in [2.45, 2.75) is 25.8 Å². The third kappa shape index (κ3) is 5.98. The summed E-state index contributed by atoms with van der Waals surface area (Å²) in [5, 5.41) is 8.52. The van der Waals surface area contributed by atoms with Crippen LogP contribution in [-0.4, -0.2) is 66.5 Å². The molecule has 1 aromatic carbocycles. The van der Waals surface area contributed by atoms with E-state index in [1.54, 1.807) is 18.2 Å². The fourth-order valence-corrected chi connectivity index (χ4v) is 3.91. The smallest absolute Gasteiger partial charge is 0.226 e. The molecule has 6 nitrogen and oxygen atoms in total. The van der Waals surface area contributed by atoms with Gasteiger partial charge >= 0.3 is 0 Å². The lowest BCUT2D eigenvalue weighted by molar-refractivity contribution is -0.121. The van der Waals surface area contributed by atoms with E-state index < -0.39 is 0 Å². The average molecular weight is 406 g/mol. The van der Waals surface area contributed by atoms with Crippen LogP contribution in [-0.2, 0) is 11.2 Å². The molecule has 8 heteroatoms. The van der Waals surface area contributed by atoms with Gasteiger partial charge in [0.25, 0.3) is 0 Å². The first kappa shape index (κ1) is 20.7. The highest BCUT2D eigenvalue weighted by Crippen LogP contribution is 2.23. The number of nitrogens with zero attached hydrogens (tertiary/aromatic N) is 3. The van der Waals surface area contributed by atoms with E-state index in [0.29, 0.717) is 16.5 Å². The lowest BCUT2D eigenvalue weighted by Gasteiger charge is -2.34. The number of aromatic nitrogens is 1. The third-order valence-electron chi connectivity index (χ3n) is 4.94. The van der Waals surface area contributed by atoms with Gasteiger partial charge in [0.2, 0.25) is 5.91 Å². The van der Waals surface area contributed by atoms with Crippen LogP contribution in [0.15, 0.2) is 29.6 Å². The number of anilines is 2. The maximum Gasteiger partial charge on any atom is 0.226 e. The summed E-state index contributed by atoms with van der Waals surface area (Å²) in [5.41, 5.74) is 1.07. The van der Waals surface area contributed by atoms with E-state index in [4.69, 9.17) is 0 Å². The molecule has 28 heavy (non-hydrogen) atoms. The summed E-state index contributed by atoms with van der Waals surface area (Å²) in [6.07, 6.45) is 1.13. The molecule has 2 N–H and O–H groups in total. The number of piperazine rings is 1. The standard InChI is InChI=1S/C20H28FN5OS/c1-3-15(13-26-10-8-25(2)9-11-26)22-19(27)12-16-14-28-20(23-16)24-18-7-5-4-6-17(18)21/h4-7,14-15H,3,8-13H2,1-2H3,(H,22,27)(H,23,24)/t15-/m1/s1. The second-order valence-corrected chi connectivity index (χ2v) is 8.06. The molecule has 0 spiro atoms. The van der Waals surface area contributed by atoms with E-state index in [1.165, 1.54) is 17.4 Å². The minimum Gasteiger partial charge on any atom is -0.352 e. The molecule has 1 atom stereocenters. The van der Waals surface area contributed by atoms with Crippen molar-refractivity contribution in [3.63, 3.8) is 0 Å². The zero-order valence-electron chi connectivity index (χ0n) is 16.4. The first-order valence-corrected chi connectivity index (χ1v) is 10.6. The molecule has 0 unspecified atom stereocenters. The molecule has 0 aliphatic carbocycles. The van der Waals surface area contributed by atoms with Crippen molar-refractivity contribution in [3.8, 4) is 0 Å². The maximum atomic E-state index is 13.7. The number of carbonyl (C=O) groups is 1. The van der Waals surface area contributed by atoms with Crippen molar-refractivity contribution in [2.75, 3.05) is 45.1 Å². The molecule has 1 aliphatic rings. The van der Waals surface area contributed by atoms with Gasteiger partial charge in [-0.2, -0.15) is 0 Å². The van der Waals surface area contributed by atoms with Gasteiger partial charge in [-0.3, -0.25) is 9.69 Å². The number of carbonyl (C=O) groups excluding carboxylic acids is 1. The molecule has 3 rings (SSSR count). The van der Waals surface area contributed by atoms with Gasteiger partial charge in [-0.05, 0) is 25.6 Å².